The first-order chi connectivity index (χ1) is 29.2. The van der Waals surface area contributed by atoms with Crippen molar-refractivity contribution in [1.82, 2.24) is 0 Å². The quantitative estimate of drug-likeness (QED) is 0.164. The maximum Gasteiger partial charge on any atom is 0.172 e. The molecule has 3 aromatic carbocycles. The van der Waals surface area contributed by atoms with Crippen molar-refractivity contribution in [1.29, 1.82) is 21.0 Å². The van der Waals surface area contributed by atoms with Gasteiger partial charge in [0.2, 0.25) is 0 Å². The molecule has 9 aromatic rings. The summed E-state index contributed by atoms with van der Waals surface area (Å²) < 4.78 is 14.2. The van der Waals surface area contributed by atoms with Crippen molar-refractivity contribution < 1.29 is 8.83 Å². The van der Waals surface area contributed by atoms with Crippen LogP contribution < -0.4 is 21.7 Å². The van der Waals surface area contributed by atoms with Crippen LogP contribution in [0.25, 0.3) is 85.2 Å². The van der Waals surface area contributed by atoms with Crippen molar-refractivity contribution in [2.24, 2.45) is 0 Å². The first kappa shape index (κ1) is 38.5. The van der Waals surface area contributed by atoms with E-state index in [2.05, 4.69) is 100 Å². The third-order valence-electron chi connectivity index (χ3n) is 10.4. The van der Waals surface area contributed by atoms with Crippen molar-refractivity contribution >= 4 is 88.8 Å². The summed E-state index contributed by atoms with van der Waals surface area (Å²) in [5.41, 5.74) is 11.5. The van der Waals surface area contributed by atoms with Gasteiger partial charge < -0.3 is 8.83 Å². The van der Waals surface area contributed by atoms with E-state index >= 15 is 0 Å². The second kappa shape index (κ2) is 15.6. The Kier molecular flexibility index (Phi) is 10.0. The highest BCUT2D eigenvalue weighted by Gasteiger charge is 2.26. The molecule has 0 aliphatic rings. The summed E-state index contributed by atoms with van der Waals surface area (Å²) in [6.07, 6.45) is 3.88. The van der Waals surface area contributed by atoms with Gasteiger partial charge in [-0.25, -0.2) is 0 Å². The number of nitriles is 4. The first-order valence-electron chi connectivity index (χ1n) is 18.8. The molecule has 60 heavy (non-hydrogen) atoms. The molecular formula is C50H30N4O2S4. The largest absolute Gasteiger partial charge is 0.455 e. The zero-order valence-electron chi connectivity index (χ0n) is 32.6. The maximum absolute atomic E-state index is 9.31. The molecule has 0 unspecified atom stereocenters. The molecule has 286 valence electrons. The van der Waals surface area contributed by atoms with E-state index in [9.17, 15) is 21.0 Å². The van der Waals surface area contributed by atoms with Gasteiger partial charge in [0.1, 0.15) is 35.1 Å². The van der Waals surface area contributed by atoms with E-state index in [-0.39, 0.29) is 22.0 Å². The number of aryl methyl sites for hydroxylation is 4. The van der Waals surface area contributed by atoms with Crippen LogP contribution in [0.15, 0.2) is 106 Å². The van der Waals surface area contributed by atoms with Crippen LogP contribution in [0.2, 0.25) is 0 Å². The predicted molar refractivity (Wildman–Crippen MR) is 246 cm³/mol. The Morgan fingerprint density at radius 1 is 0.450 bits per heavy atom. The lowest BCUT2D eigenvalue weighted by Crippen LogP contribution is -2.02. The Bertz CT molecular complexity index is 3300. The van der Waals surface area contributed by atoms with Crippen LogP contribution >= 0.6 is 45.3 Å². The second-order valence-electron chi connectivity index (χ2n) is 14.3. The number of thiophene rings is 4. The molecule has 0 atom stereocenters. The number of nitrogens with zero attached hydrogens (tertiary/aromatic N) is 4. The molecule has 0 radical (unpaired) electrons. The van der Waals surface area contributed by atoms with Crippen LogP contribution in [0.4, 0.5) is 0 Å². The number of hydrogen-bond donors (Lipinski definition) is 0. The smallest absolute Gasteiger partial charge is 0.172 e. The van der Waals surface area contributed by atoms with Crippen LogP contribution in [0.3, 0.4) is 0 Å². The fourth-order valence-corrected chi connectivity index (χ4v) is 12.3. The van der Waals surface area contributed by atoms with Gasteiger partial charge in [-0.3, -0.25) is 0 Å². The van der Waals surface area contributed by atoms with Crippen molar-refractivity contribution in [3.63, 3.8) is 0 Å². The third kappa shape index (κ3) is 6.79. The lowest BCUT2D eigenvalue weighted by Gasteiger charge is -2.18. The third-order valence-corrected chi connectivity index (χ3v) is 15.2. The number of benzene rings is 3. The minimum absolute atomic E-state index is 0.0513. The number of hydrogen-bond acceptors (Lipinski definition) is 10. The zero-order valence-corrected chi connectivity index (χ0v) is 35.9. The Balaban J connectivity index is 1.27. The minimum atomic E-state index is -0.0513. The van der Waals surface area contributed by atoms with Gasteiger partial charge in [0, 0.05) is 60.6 Å². The van der Waals surface area contributed by atoms with Gasteiger partial charge in [-0.2, -0.15) is 21.0 Å². The summed E-state index contributed by atoms with van der Waals surface area (Å²) in [4.78, 5) is 6.63. The molecule has 6 nitrogen and oxygen atoms in total. The lowest BCUT2D eigenvalue weighted by molar-refractivity contribution is 0.501. The first-order valence-corrected chi connectivity index (χ1v) is 22.1. The molecule has 6 heterocycles. The Hall–Kier alpha value is -7.02. The highest BCUT2D eigenvalue weighted by atomic mass is 32.1. The maximum atomic E-state index is 9.31. The molecule has 0 aliphatic carbocycles. The zero-order chi connectivity index (χ0) is 41.7. The molecule has 0 saturated heterocycles. The van der Waals surface area contributed by atoms with Crippen molar-refractivity contribution in [3.8, 4) is 66.0 Å². The average Bonchev–Trinajstić information content (AvgIpc) is 4.10. The van der Waals surface area contributed by atoms with E-state index in [4.69, 9.17) is 8.83 Å². The van der Waals surface area contributed by atoms with Crippen LogP contribution in [0.1, 0.15) is 32.0 Å². The molecule has 10 heteroatoms. The summed E-state index contributed by atoms with van der Waals surface area (Å²) in [5, 5.41) is 39.7. The number of furan rings is 2. The molecule has 0 saturated carbocycles. The molecule has 0 fully saturated rings. The summed E-state index contributed by atoms with van der Waals surface area (Å²) in [6, 6.07) is 40.8. The number of fused-ring (bicyclic) bond motifs is 2. The summed E-state index contributed by atoms with van der Waals surface area (Å²) in [6.45, 7) is 8.80. The van der Waals surface area contributed by atoms with Crippen LogP contribution in [0.5, 0.6) is 0 Å². The van der Waals surface area contributed by atoms with E-state index in [1.165, 1.54) is 74.4 Å². The Morgan fingerprint density at radius 3 is 1.20 bits per heavy atom. The average molecular weight is 847 g/mol. The topological polar surface area (TPSA) is 121 Å². The van der Waals surface area contributed by atoms with Gasteiger partial charge in [0.05, 0.1) is 0 Å². The fraction of sp³-hybridized carbons (Fsp3) is 0.0800. The van der Waals surface area contributed by atoms with Crippen molar-refractivity contribution in [2.75, 3.05) is 0 Å². The van der Waals surface area contributed by atoms with Crippen LogP contribution in [-0.4, -0.2) is 0 Å². The van der Waals surface area contributed by atoms with Crippen molar-refractivity contribution in [2.45, 2.75) is 27.7 Å². The normalized spacial score (nSPS) is 11.8. The molecule has 9 rings (SSSR count). The van der Waals surface area contributed by atoms with Crippen molar-refractivity contribution in [3.05, 3.63) is 151 Å². The lowest BCUT2D eigenvalue weighted by atomic mass is 9.87. The SMILES string of the molecule is Cc1cccc(C)c1-c1c2cc(-c3ccc(/C=c4/ccc(=C(C#N)C#N)o4)s3)sc2c(-c2c(C)cccc2C)c2cc(-c3ccc(/C=c4/ccc(=C(C#N)C#N)o4)s3)sc12. The van der Waals surface area contributed by atoms with E-state index in [0.29, 0.717) is 10.8 Å². The highest BCUT2D eigenvalue weighted by molar-refractivity contribution is 7.28. The standard InChI is InChI=1S/C50H30N4O2S4/c1-27-7-5-8-28(2)45(27)47-37-21-43(41-17-13-35(57-41)19-33-11-15-39(55-33)31(23-51)24-52)60-50(37)48(46-29(3)9-6-10-30(46)4)38-22-44(59-49(38)47)42-18-14-36(58-42)20-34-12-16-40(56-34)32(25-53)26-54/h5-22H,1-4H3/b33-19-,34-20-. The molecule has 0 N–H and O–H groups in total. The molecule has 0 aliphatic heterocycles. The van der Waals surface area contributed by atoms with E-state index in [1.807, 2.05) is 59.1 Å². The second-order valence-corrected chi connectivity index (χ2v) is 18.6. The summed E-state index contributed by atoms with van der Waals surface area (Å²) in [5.74, 6) is 0. The van der Waals surface area contributed by atoms with Crippen LogP contribution in [-0.2, 0) is 0 Å². The molecular weight excluding hydrogens is 817 g/mol. The van der Waals surface area contributed by atoms with Gasteiger partial charge in [-0.15, -0.1) is 45.3 Å². The van der Waals surface area contributed by atoms with Gasteiger partial charge in [0.25, 0.3) is 0 Å². The molecule has 6 aromatic heterocycles. The van der Waals surface area contributed by atoms with E-state index in [0.717, 1.165) is 19.5 Å². The summed E-state index contributed by atoms with van der Waals surface area (Å²) >= 11 is 7.00. The van der Waals surface area contributed by atoms with E-state index < -0.39 is 0 Å². The summed E-state index contributed by atoms with van der Waals surface area (Å²) in [7, 11) is 0. The van der Waals surface area contributed by atoms with Gasteiger partial charge >= 0.3 is 0 Å². The molecule has 0 spiro atoms. The van der Waals surface area contributed by atoms with Crippen LogP contribution in [0, 0.1) is 73.0 Å². The molecule has 0 amide bonds. The highest BCUT2D eigenvalue weighted by Crippen LogP contribution is 2.54. The van der Waals surface area contributed by atoms with Gasteiger partial charge in [-0.1, -0.05) is 36.4 Å². The van der Waals surface area contributed by atoms with Gasteiger partial charge in [0.15, 0.2) is 22.0 Å². The van der Waals surface area contributed by atoms with Gasteiger partial charge in [-0.05, 0) is 134 Å². The minimum Gasteiger partial charge on any atom is -0.455 e. The Labute approximate surface area is 360 Å². The molecule has 0 bridgehead atoms. The predicted octanol–water partition coefficient (Wildman–Crippen LogP) is 11.4. The fourth-order valence-electron chi connectivity index (χ4n) is 7.73. The number of rotatable bonds is 6. The van der Waals surface area contributed by atoms with E-state index in [1.54, 1.807) is 46.9 Å². The monoisotopic (exact) mass is 846 g/mol. The Morgan fingerprint density at radius 2 is 0.833 bits per heavy atom.